The van der Waals surface area contributed by atoms with Gasteiger partial charge in [-0.1, -0.05) is 5.04 Å². The van der Waals surface area contributed by atoms with Gasteiger partial charge in [-0.2, -0.15) is 4.58 Å². The van der Waals surface area contributed by atoms with Crippen molar-refractivity contribution in [3.05, 3.63) is 23.8 Å². The monoisotopic (exact) mass is 347 g/mol. The van der Waals surface area contributed by atoms with E-state index < -0.39 is 15.9 Å². The summed E-state index contributed by atoms with van der Waals surface area (Å²) in [4.78, 5) is 0.729. The first-order valence-electron chi connectivity index (χ1n) is 6.51. The lowest BCUT2D eigenvalue weighted by Gasteiger charge is -2.15. The average molecular weight is 347 g/mol. The van der Waals surface area contributed by atoms with E-state index in [1.807, 2.05) is 37.5 Å². The van der Waals surface area contributed by atoms with Gasteiger partial charge in [0, 0.05) is 23.4 Å². The third-order valence-corrected chi connectivity index (χ3v) is 5.22. The highest BCUT2D eigenvalue weighted by atomic mass is 32.2. The smallest absolute Gasteiger partial charge is 0.209 e. The van der Waals surface area contributed by atoms with E-state index in [0.717, 1.165) is 33.9 Å². The van der Waals surface area contributed by atoms with Crippen LogP contribution in [0.1, 0.15) is 26.3 Å². The second-order valence-electron chi connectivity index (χ2n) is 5.53. The lowest BCUT2D eigenvalue weighted by molar-refractivity contribution is -0.433. The summed E-state index contributed by atoms with van der Waals surface area (Å²) >= 11 is 0.861. The van der Waals surface area contributed by atoms with E-state index in [1.165, 1.54) is 0 Å². The quantitative estimate of drug-likeness (QED) is 0.276. The zero-order chi connectivity index (χ0) is 16.5. The molecule has 0 amide bonds. The van der Waals surface area contributed by atoms with Crippen LogP contribution >= 0.6 is 12.0 Å². The second-order valence-corrected chi connectivity index (χ2v) is 7.83. The molecule has 2 rings (SSSR count). The van der Waals surface area contributed by atoms with Gasteiger partial charge >= 0.3 is 0 Å². The van der Waals surface area contributed by atoms with Crippen LogP contribution in [0.2, 0.25) is 0 Å². The fraction of sp³-hybridized carbons (Fsp3) is 0.462. The molecule has 1 aliphatic heterocycles. The normalized spacial score (nSPS) is 17.0. The Morgan fingerprint density at radius 2 is 2.09 bits per heavy atom. The van der Waals surface area contributed by atoms with Crippen molar-refractivity contribution in [1.82, 2.24) is 0 Å². The van der Waals surface area contributed by atoms with Crippen LogP contribution < -0.4 is 0 Å². The molecule has 1 aromatic carbocycles. The number of rotatable bonds is 6. The molecule has 0 atom stereocenters. The van der Waals surface area contributed by atoms with Crippen molar-refractivity contribution in [2.24, 2.45) is 0 Å². The number of benzene rings is 1. The number of hydrogen-bond donors (Lipinski definition) is 1. The molecular weight excluding hydrogens is 330 g/mol. The molecule has 0 spiro atoms. The van der Waals surface area contributed by atoms with Crippen molar-refractivity contribution in [2.75, 3.05) is 12.3 Å². The van der Waals surface area contributed by atoms with Gasteiger partial charge in [-0.25, -0.2) is 13.7 Å². The van der Waals surface area contributed by atoms with Gasteiger partial charge in [-0.15, -0.1) is 4.33 Å². The third-order valence-electron chi connectivity index (χ3n) is 3.97. The van der Waals surface area contributed by atoms with Gasteiger partial charge in [0.1, 0.15) is 10.1 Å². The van der Waals surface area contributed by atoms with Crippen molar-refractivity contribution < 1.29 is 32.2 Å². The Bertz CT molecular complexity index is 711. The Kier molecular flexibility index (Phi) is 4.95. The van der Waals surface area contributed by atoms with Gasteiger partial charge in [0.15, 0.2) is 12.3 Å². The fourth-order valence-corrected chi connectivity index (χ4v) is 3.37. The van der Waals surface area contributed by atoms with Crippen molar-refractivity contribution in [3.63, 3.8) is 0 Å². The molecule has 9 heteroatoms. The maximum Gasteiger partial charge on any atom is 0.209 e. The van der Waals surface area contributed by atoms with E-state index in [-0.39, 0.29) is 12.0 Å². The number of fused-ring (bicyclic) bond motifs is 1. The highest BCUT2D eigenvalue weighted by Crippen LogP contribution is 2.41. The summed E-state index contributed by atoms with van der Waals surface area (Å²) < 4.78 is 38.9. The molecule has 0 aromatic heterocycles. The number of nitrogens with zero attached hydrogens (tertiary/aromatic N) is 1. The summed E-state index contributed by atoms with van der Waals surface area (Å²) in [5.41, 5.74) is 2.51. The zero-order valence-corrected chi connectivity index (χ0v) is 14.0. The molecule has 22 heavy (non-hydrogen) atoms. The van der Waals surface area contributed by atoms with Gasteiger partial charge in [-0.05, 0) is 26.0 Å². The molecule has 1 aromatic rings. The molecule has 7 nitrogen and oxygen atoms in total. The summed E-state index contributed by atoms with van der Waals surface area (Å²) in [6.45, 7) is 6.07. The van der Waals surface area contributed by atoms with Crippen LogP contribution in [0.5, 0.6) is 0 Å². The van der Waals surface area contributed by atoms with Gasteiger partial charge in [0.25, 0.3) is 0 Å². The first-order chi connectivity index (χ1) is 10.2. The van der Waals surface area contributed by atoms with E-state index in [0.29, 0.717) is 0 Å². The predicted octanol–water partition coefficient (Wildman–Crippen LogP) is 2.06. The summed E-state index contributed by atoms with van der Waals surface area (Å²) in [6.07, 6.45) is 0. The largest absolute Gasteiger partial charge is 0.748 e. The molecule has 1 heterocycles. The van der Waals surface area contributed by atoms with Crippen LogP contribution in [0.25, 0.3) is 0 Å². The van der Waals surface area contributed by atoms with Crippen molar-refractivity contribution >= 4 is 33.6 Å². The van der Waals surface area contributed by atoms with E-state index in [2.05, 4.69) is 9.37 Å². The molecule has 0 aliphatic carbocycles. The lowest BCUT2D eigenvalue weighted by Crippen LogP contribution is -2.28. The Morgan fingerprint density at radius 1 is 1.41 bits per heavy atom. The van der Waals surface area contributed by atoms with Crippen molar-refractivity contribution in [3.8, 4) is 0 Å². The minimum absolute atomic E-state index is 0.122. The van der Waals surface area contributed by atoms with Gasteiger partial charge < -0.3 is 4.55 Å². The summed E-state index contributed by atoms with van der Waals surface area (Å²) in [5.74, 6) is -0.447. The minimum Gasteiger partial charge on any atom is -0.748 e. The van der Waals surface area contributed by atoms with E-state index >= 15 is 0 Å². The van der Waals surface area contributed by atoms with Crippen molar-refractivity contribution in [2.45, 2.75) is 31.1 Å². The van der Waals surface area contributed by atoms with Gasteiger partial charge in [0.2, 0.25) is 5.69 Å². The van der Waals surface area contributed by atoms with Crippen LogP contribution in [0, 0.1) is 0 Å². The predicted molar refractivity (Wildman–Crippen MR) is 80.2 cm³/mol. The van der Waals surface area contributed by atoms with Gasteiger partial charge in [-0.3, -0.25) is 0 Å². The van der Waals surface area contributed by atoms with Crippen LogP contribution in [0.15, 0.2) is 23.1 Å². The SMILES string of the molecule is CC1=[N+](CCS(=O)(=O)[O-])c2ccc(SOOO)cc2C1(C)C. The zero-order valence-electron chi connectivity index (χ0n) is 12.4. The third kappa shape index (κ3) is 3.50. The molecular formula is C13H17NO6S2. The average Bonchev–Trinajstić information content (AvgIpc) is 2.62. The number of hydrogen-bond acceptors (Lipinski definition) is 7. The highest BCUT2D eigenvalue weighted by Gasteiger charge is 2.43. The first-order valence-corrected chi connectivity index (χ1v) is 8.83. The maximum atomic E-state index is 10.9. The van der Waals surface area contributed by atoms with E-state index in [1.54, 1.807) is 6.07 Å². The molecule has 0 bridgehead atoms. The Balaban J connectivity index is 2.37. The second kappa shape index (κ2) is 6.26. The van der Waals surface area contributed by atoms with Crippen LogP contribution in [-0.4, -0.2) is 40.8 Å². The molecule has 0 unspecified atom stereocenters. The van der Waals surface area contributed by atoms with Crippen molar-refractivity contribution in [1.29, 1.82) is 0 Å². The lowest BCUT2D eigenvalue weighted by atomic mass is 9.82. The molecule has 122 valence electrons. The van der Waals surface area contributed by atoms with Gasteiger partial charge in [0.05, 0.1) is 23.2 Å². The fourth-order valence-electron chi connectivity index (χ4n) is 2.56. The minimum atomic E-state index is -4.27. The van der Waals surface area contributed by atoms with E-state index in [4.69, 9.17) is 5.26 Å². The van der Waals surface area contributed by atoms with Crippen LogP contribution in [0.3, 0.4) is 0 Å². The van der Waals surface area contributed by atoms with Crippen LogP contribution in [0.4, 0.5) is 5.69 Å². The molecule has 0 fully saturated rings. The molecule has 0 radical (unpaired) electrons. The maximum absolute atomic E-state index is 10.9. The first kappa shape index (κ1) is 17.4. The summed E-state index contributed by atoms with van der Waals surface area (Å²) in [7, 11) is -4.27. The Morgan fingerprint density at radius 3 is 2.68 bits per heavy atom. The van der Waals surface area contributed by atoms with Crippen LogP contribution in [-0.2, 0) is 24.9 Å². The summed E-state index contributed by atoms with van der Waals surface area (Å²) in [6, 6.07) is 5.47. The Labute approximate surface area is 133 Å². The Hall–Kier alpha value is -0.970. The molecule has 1 N–H and O–H groups in total. The molecule has 0 saturated carbocycles. The van der Waals surface area contributed by atoms with E-state index in [9.17, 15) is 13.0 Å². The molecule has 1 aliphatic rings. The summed E-state index contributed by atoms with van der Waals surface area (Å²) in [5, 5.41) is 11.8. The molecule has 0 saturated heterocycles. The standard InChI is InChI=1S/C13H17NO6S2/c1-9-13(2,3)11-8-10(21-20-19-15)4-5-12(11)14(9)6-7-22(16,17)18/h4-5,8H,6-7H2,1-3H3,(H-,15,16,17,18). The highest BCUT2D eigenvalue weighted by molar-refractivity contribution is 7.94. The topological polar surface area (TPSA) is 98.9 Å².